The van der Waals surface area contributed by atoms with Crippen molar-refractivity contribution in [2.75, 3.05) is 20.6 Å². The summed E-state index contributed by atoms with van der Waals surface area (Å²) in [6.45, 7) is 5.39. The van der Waals surface area contributed by atoms with Gasteiger partial charge in [0.05, 0.1) is 13.1 Å². The van der Waals surface area contributed by atoms with Crippen molar-refractivity contribution in [1.29, 1.82) is 0 Å². The number of likely N-dealkylation sites (N-methyl/N-ethyl adjacent to an activating group) is 2. The van der Waals surface area contributed by atoms with Crippen molar-refractivity contribution in [3.8, 4) is 0 Å². The Morgan fingerprint density at radius 2 is 2.20 bits per heavy atom. The molecular weight excluding hydrogens is 376 g/mol. The van der Waals surface area contributed by atoms with Crippen LogP contribution in [0.2, 0.25) is 0 Å². The zero-order valence-electron chi connectivity index (χ0n) is 18.0. The van der Waals surface area contributed by atoms with Crippen LogP contribution >= 0.6 is 0 Å². The monoisotopic (exact) mass is 404 g/mol. The maximum absolute atomic E-state index is 12.7. The highest BCUT2D eigenvalue weighted by Crippen LogP contribution is 2.26. The molecule has 1 atom stereocenters. The maximum Gasteiger partial charge on any atom is 0.246 e. The lowest BCUT2D eigenvalue weighted by molar-refractivity contribution is -0.125. The lowest BCUT2D eigenvalue weighted by Gasteiger charge is -2.21. The lowest BCUT2D eigenvalue weighted by Crippen LogP contribution is -2.26. The number of aliphatic imine (C=N–C) groups is 1. The predicted octanol–water partition coefficient (Wildman–Crippen LogP) is 3.75. The molecule has 1 N–H and O–H groups in total. The molecule has 1 amide bonds. The van der Waals surface area contributed by atoms with E-state index in [2.05, 4.69) is 35.4 Å². The van der Waals surface area contributed by atoms with Gasteiger partial charge in [-0.3, -0.25) is 9.79 Å². The molecule has 0 fully saturated rings. The maximum atomic E-state index is 12.7. The van der Waals surface area contributed by atoms with E-state index in [0.29, 0.717) is 12.6 Å². The van der Waals surface area contributed by atoms with E-state index < -0.39 is 0 Å². The number of para-hydroxylation sites is 1. The van der Waals surface area contributed by atoms with Crippen LogP contribution in [0.1, 0.15) is 24.7 Å². The minimum atomic E-state index is -0.0594. The molecule has 0 radical (unpaired) electrons. The second-order valence-electron chi connectivity index (χ2n) is 8.07. The van der Waals surface area contributed by atoms with E-state index in [9.17, 15) is 4.79 Å². The fourth-order valence-electron chi connectivity index (χ4n) is 3.67. The third-order valence-corrected chi connectivity index (χ3v) is 5.80. The van der Waals surface area contributed by atoms with Gasteiger partial charge in [-0.15, -0.1) is 0 Å². The predicted molar refractivity (Wildman–Crippen MR) is 120 cm³/mol. The van der Waals surface area contributed by atoms with Gasteiger partial charge in [0.15, 0.2) is 0 Å². The van der Waals surface area contributed by atoms with Crippen molar-refractivity contribution < 1.29 is 9.21 Å². The Balaban J connectivity index is 1.42. The Morgan fingerprint density at radius 1 is 1.40 bits per heavy atom. The highest BCUT2D eigenvalue weighted by Gasteiger charge is 2.19. The standard InChI is InChI=1S/C24H28N4O2/c1-16-12-25-24-19(14-27(16)3)11-18(13-26-24)9-10-23(29)28(4)15-22-17(2)20-7-5-6-8-21(20)30-22/h5-10,13-14,16H,11-12,15H2,1-4H3,(H,25,26)/b10-9+. The quantitative estimate of drug-likeness (QED) is 0.789. The molecule has 2 aromatic rings. The molecule has 0 saturated heterocycles. The van der Waals surface area contributed by atoms with Crippen LogP contribution in [0.5, 0.6) is 0 Å². The number of hydrogen-bond acceptors (Lipinski definition) is 5. The topological polar surface area (TPSA) is 61.1 Å². The van der Waals surface area contributed by atoms with Gasteiger partial charge in [-0.05, 0) is 25.5 Å². The molecule has 30 heavy (non-hydrogen) atoms. The van der Waals surface area contributed by atoms with Crippen LogP contribution in [-0.4, -0.2) is 48.2 Å². The van der Waals surface area contributed by atoms with Gasteiger partial charge in [0, 0.05) is 61.6 Å². The third kappa shape index (κ3) is 4.03. The number of allylic oxidation sites excluding steroid dienone is 2. The summed E-state index contributed by atoms with van der Waals surface area (Å²) < 4.78 is 5.94. The summed E-state index contributed by atoms with van der Waals surface area (Å²) in [5.41, 5.74) is 4.12. The number of hydrogen-bond donors (Lipinski definition) is 1. The number of furan rings is 1. The van der Waals surface area contributed by atoms with Crippen molar-refractivity contribution >= 4 is 22.7 Å². The number of rotatable bonds is 4. The molecule has 0 saturated carbocycles. The number of nitrogens with one attached hydrogen (secondary N) is 1. The second kappa shape index (κ2) is 8.22. The lowest BCUT2D eigenvalue weighted by atomic mass is 10.0. The average Bonchev–Trinajstić information content (AvgIpc) is 2.98. The van der Waals surface area contributed by atoms with Crippen molar-refractivity contribution in [2.24, 2.45) is 4.99 Å². The molecule has 3 heterocycles. The Hall–Kier alpha value is -3.28. The van der Waals surface area contributed by atoms with E-state index >= 15 is 0 Å². The van der Waals surface area contributed by atoms with E-state index in [1.165, 1.54) is 0 Å². The van der Waals surface area contributed by atoms with Crippen LogP contribution in [0, 0.1) is 6.92 Å². The molecule has 6 heteroatoms. The zero-order chi connectivity index (χ0) is 21.3. The first kappa shape index (κ1) is 20.0. The molecule has 156 valence electrons. The second-order valence-corrected chi connectivity index (χ2v) is 8.07. The Bertz CT molecular complexity index is 1090. The molecule has 2 aliphatic rings. The number of fused-ring (bicyclic) bond motifs is 2. The van der Waals surface area contributed by atoms with Crippen molar-refractivity contribution in [3.05, 3.63) is 71.3 Å². The van der Waals surface area contributed by atoms with Crippen LogP contribution in [-0.2, 0) is 11.3 Å². The Labute approximate surface area is 177 Å². The van der Waals surface area contributed by atoms with Crippen LogP contribution < -0.4 is 5.32 Å². The highest BCUT2D eigenvalue weighted by molar-refractivity contribution is 6.00. The summed E-state index contributed by atoms with van der Waals surface area (Å²) in [6.07, 6.45) is 8.32. The van der Waals surface area contributed by atoms with Crippen LogP contribution in [0.25, 0.3) is 11.0 Å². The first-order valence-corrected chi connectivity index (χ1v) is 10.3. The fraction of sp³-hybridized carbons (Fsp3) is 0.333. The normalized spacial score (nSPS) is 19.0. The number of amides is 1. The molecule has 0 bridgehead atoms. The van der Waals surface area contributed by atoms with E-state index in [0.717, 1.165) is 52.2 Å². The summed E-state index contributed by atoms with van der Waals surface area (Å²) in [5, 5.41) is 4.36. The van der Waals surface area contributed by atoms with Gasteiger partial charge in [-0.2, -0.15) is 0 Å². The number of aryl methyl sites for hydroxylation is 1. The molecular formula is C24H28N4O2. The molecule has 1 unspecified atom stereocenters. The van der Waals surface area contributed by atoms with E-state index in [1.807, 2.05) is 43.5 Å². The van der Waals surface area contributed by atoms with E-state index in [-0.39, 0.29) is 5.91 Å². The largest absolute Gasteiger partial charge is 0.459 e. The van der Waals surface area contributed by atoms with Crippen molar-refractivity contribution in [2.45, 2.75) is 32.9 Å². The van der Waals surface area contributed by atoms with Crippen molar-refractivity contribution in [1.82, 2.24) is 15.1 Å². The molecule has 0 spiro atoms. The van der Waals surface area contributed by atoms with Gasteiger partial charge in [0.25, 0.3) is 0 Å². The van der Waals surface area contributed by atoms with Crippen LogP contribution in [0.15, 0.2) is 69.4 Å². The Morgan fingerprint density at radius 3 is 3.00 bits per heavy atom. The smallest absolute Gasteiger partial charge is 0.246 e. The van der Waals surface area contributed by atoms with Gasteiger partial charge in [0.1, 0.15) is 17.2 Å². The third-order valence-electron chi connectivity index (χ3n) is 5.80. The fourth-order valence-corrected chi connectivity index (χ4v) is 3.67. The minimum Gasteiger partial charge on any atom is -0.459 e. The summed E-state index contributed by atoms with van der Waals surface area (Å²) >= 11 is 0. The van der Waals surface area contributed by atoms with Gasteiger partial charge in [-0.25, -0.2) is 0 Å². The van der Waals surface area contributed by atoms with E-state index in [4.69, 9.17) is 4.42 Å². The molecule has 4 rings (SSSR count). The zero-order valence-corrected chi connectivity index (χ0v) is 18.0. The number of carbonyl (C=O) groups excluding carboxylic acids is 1. The highest BCUT2D eigenvalue weighted by atomic mass is 16.3. The molecule has 1 aromatic carbocycles. The minimum absolute atomic E-state index is 0.0594. The number of amidine groups is 1. The number of benzene rings is 1. The van der Waals surface area contributed by atoms with Crippen molar-refractivity contribution in [3.63, 3.8) is 0 Å². The van der Waals surface area contributed by atoms with Gasteiger partial charge in [-0.1, -0.05) is 24.3 Å². The van der Waals surface area contributed by atoms with Gasteiger partial charge in [0.2, 0.25) is 5.91 Å². The Kier molecular flexibility index (Phi) is 5.48. The summed E-state index contributed by atoms with van der Waals surface area (Å²) in [6, 6.07) is 8.31. The van der Waals surface area contributed by atoms with Crippen LogP contribution in [0.3, 0.4) is 0 Å². The van der Waals surface area contributed by atoms with E-state index in [1.54, 1.807) is 18.0 Å². The van der Waals surface area contributed by atoms with Crippen LogP contribution in [0.4, 0.5) is 0 Å². The number of nitrogens with zero attached hydrogens (tertiary/aromatic N) is 3. The molecule has 6 nitrogen and oxygen atoms in total. The summed E-state index contributed by atoms with van der Waals surface area (Å²) in [4.78, 5) is 21.2. The van der Waals surface area contributed by atoms with Gasteiger partial charge >= 0.3 is 0 Å². The molecule has 0 aliphatic carbocycles. The summed E-state index contributed by atoms with van der Waals surface area (Å²) in [5.74, 6) is 1.68. The SMILES string of the molecule is Cc1c(CN(C)C(=O)/C=C/C2=CNC3=NCC(C)N(C)C=C3C2)oc2ccccc12. The summed E-state index contributed by atoms with van der Waals surface area (Å²) in [7, 11) is 3.87. The first-order chi connectivity index (χ1) is 14.4. The molecule has 1 aromatic heterocycles. The first-order valence-electron chi connectivity index (χ1n) is 10.3. The average molecular weight is 405 g/mol. The molecule has 2 aliphatic heterocycles. The number of carbonyl (C=O) groups is 1. The van der Waals surface area contributed by atoms with Gasteiger partial charge < -0.3 is 19.5 Å².